The number of aromatic amines is 1. The summed E-state index contributed by atoms with van der Waals surface area (Å²) in [6.45, 7) is 0.881. The number of rotatable bonds is 3. The van der Waals surface area contributed by atoms with E-state index in [1.807, 2.05) is 24.3 Å². The molecule has 0 bridgehead atoms. The minimum Gasteiger partial charge on any atom is -0.336 e. The van der Waals surface area contributed by atoms with Crippen LogP contribution < -0.4 is 5.73 Å². The van der Waals surface area contributed by atoms with Crippen molar-refractivity contribution in [2.75, 3.05) is 13.6 Å². The van der Waals surface area contributed by atoms with Crippen LogP contribution in [0.4, 0.5) is 0 Å². The van der Waals surface area contributed by atoms with E-state index in [2.05, 4.69) is 22.0 Å². The van der Waals surface area contributed by atoms with Gasteiger partial charge in [-0.05, 0) is 23.8 Å². The smallest absolute Gasteiger partial charge is 0.271 e. The molecule has 2 rings (SSSR count). The number of nitrogens with zero attached hydrogens (tertiary/aromatic N) is 2. The second-order valence-electron chi connectivity index (χ2n) is 4.33. The zero-order valence-electron chi connectivity index (χ0n) is 11.3. The summed E-state index contributed by atoms with van der Waals surface area (Å²) in [5, 5.41) is 6.44. The average molecular weight is 268 g/mol. The lowest BCUT2D eigenvalue weighted by atomic mass is 10.1. The van der Waals surface area contributed by atoms with Gasteiger partial charge in [-0.3, -0.25) is 9.89 Å². The van der Waals surface area contributed by atoms with Gasteiger partial charge in [0, 0.05) is 25.4 Å². The molecule has 0 aliphatic heterocycles. The first-order valence-electron chi connectivity index (χ1n) is 6.23. The van der Waals surface area contributed by atoms with Crippen LogP contribution in [0.3, 0.4) is 0 Å². The molecule has 0 saturated heterocycles. The number of nitrogens with one attached hydrogen (secondary N) is 1. The predicted molar refractivity (Wildman–Crippen MR) is 76.8 cm³/mol. The second kappa shape index (κ2) is 6.55. The standard InChI is InChI=1S/C15H16N4O/c1-19(15(20)14-8-10-17-18-14)11-13-6-4-12(5-7-13)3-2-9-16/h4-8,10H,9,11,16H2,1H3,(H,17,18). The molecule has 1 aromatic heterocycles. The molecular formula is C15H16N4O. The molecule has 0 saturated carbocycles. The van der Waals surface area contributed by atoms with Crippen molar-refractivity contribution in [1.82, 2.24) is 15.1 Å². The highest BCUT2D eigenvalue weighted by Gasteiger charge is 2.12. The summed E-state index contributed by atoms with van der Waals surface area (Å²) in [5.41, 5.74) is 7.77. The molecule has 0 spiro atoms. The molecule has 3 N–H and O–H groups in total. The van der Waals surface area contributed by atoms with E-state index >= 15 is 0 Å². The Morgan fingerprint density at radius 3 is 2.70 bits per heavy atom. The SMILES string of the molecule is CN(Cc1ccc(C#CCN)cc1)C(=O)c1ccn[nH]1. The predicted octanol–water partition coefficient (Wildman–Crippen LogP) is 0.992. The molecule has 20 heavy (non-hydrogen) atoms. The van der Waals surface area contributed by atoms with E-state index in [0.29, 0.717) is 18.8 Å². The van der Waals surface area contributed by atoms with Gasteiger partial charge in [-0.2, -0.15) is 5.10 Å². The lowest BCUT2D eigenvalue weighted by molar-refractivity contribution is 0.0779. The van der Waals surface area contributed by atoms with E-state index in [0.717, 1.165) is 11.1 Å². The number of hydrogen-bond acceptors (Lipinski definition) is 3. The first-order chi connectivity index (χ1) is 9.70. The summed E-state index contributed by atoms with van der Waals surface area (Å²) in [7, 11) is 1.76. The maximum Gasteiger partial charge on any atom is 0.271 e. The minimum absolute atomic E-state index is 0.0884. The number of H-pyrrole nitrogens is 1. The number of nitrogens with two attached hydrogens (primary N) is 1. The Morgan fingerprint density at radius 2 is 2.10 bits per heavy atom. The van der Waals surface area contributed by atoms with Crippen molar-refractivity contribution in [3.8, 4) is 11.8 Å². The van der Waals surface area contributed by atoms with Crippen molar-refractivity contribution in [2.45, 2.75) is 6.54 Å². The minimum atomic E-state index is -0.0884. The molecule has 2 aromatic rings. The van der Waals surface area contributed by atoms with Crippen LogP contribution in [0.25, 0.3) is 0 Å². The van der Waals surface area contributed by atoms with E-state index in [4.69, 9.17) is 5.73 Å². The fourth-order valence-corrected chi connectivity index (χ4v) is 1.77. The molecule has 0 atom stereocenters. The van der Waals surface area contributed by atoms with E-state index < -0.39 is 0 Å². The van der Waals surface area contributed by atoms with Crippen molar-refractivity contribution in [1.29, 1.82) is 0 Å². The van der Waals surface area contributed by atoms with E-state index in [-0.39, 0.29) is 5.91 Å². The molecule has 0 aliphatic carbocycles. The molecule has 1 amide bonds. The summed E-state index contributed by atoms with van der Waals surface area (Å²) in [6.07, 6.45) is 1.56. The molecule has 102 valence electrons. The van der Waals surface area contributed by atoms with Gasteiger partial charge in [0.2, 0.25) is 0 Å². The summed E-state index contributed by atoms with van der Waals surface area (Å²) in [6, 6.07) is 9.41. The van der Waals surface area contributed by atoms with Crippen LogP contribution in [-0.4, -0.2) is 34.6 Å². The number of aromatic nitrogens is 2. The highest BCUT2D eigenvalue weighted by atomic mass is 16.2. The molecule has 1 heterocycles. The van der Waals surface area contributed by atoms with Crippen LogP contribution in [-0.2, 0) is 6.54 Å². The zero-order valence-corrected chi connectivity index (χ0v) is 11.3. The maximum absolute atomic E-state index is 12.0. The van der Waals surface area contributed by atoms with Crippen LogP contribution in [0.15, 0.2) is 36.5 Å². The highest BCUT2D eigenvalue weighted by molar-refractivity contribution is 5.91. The van der Waals surface area contributed by atoms with Crippen LogP contribution >= 0.6 is 0 Å². The molecule has 1 aromatic carbocycles. The monoisotopic (exact) mass is 268 g/mol. The Hall–Kier alpha value is -2.58. The third kappa shape index (κ3) is 3.46. The first kappa shape index (κ1) is 13.8. The summed E-state index contributed by atoms with van der Waals surface area (Å²) < 4.78 is 0. The highest BCUT2D eigenvalue weighted by Crippen LogP contribution is 2.08. The number of benzene rings is 1. The second-order valence-corrected chi connectivity index (χ2v) is 4.33. The van der Waals surface area contributed by atoms with Gasteiger partial charge in [0.1, 0.15) is 5.69 Å². The van der Waals surface area contributed by atoms with E-state index in [9.17, 15) is 4.79 Å². The fourth-order valence-electron chi connectivity index (χ4n) is 1.77. The van der Waals surface area contributed by atoms with Crippen LogP contribution in [0.2, 0.25) is 0 Å². The first-order valence-corrected chi connectivity index (χ1v) is 6.23. The van der Waals surface area contributed by atoms with Crippen molar-refractivity contribution in [3.63, 3.8) is 0 Å². The van der Waals surface area contributed by atoms with Gasteiger partial charge in [-0.1, -0.05) is 24.0 Å². The lowest BCUT2D eigenvalue weighted by Crippen LogP contribution is -2.26. The average Bonchev–Trinajstić information content (AvgIpc) is 3.00. The zero-order chi connectivity index (χ0) is 14.4. The number of amides is 1. The molecule has 5 nitrogen and oxygen atoms in total. The third-order valence-electron chi connectivity index (χ3n) is 2.79. The van der Waals surface area contributed by atoms with Crippen molar-refractivity contribution in [2.24, 2.45) is 5.73 Å². The van der Waals surface area contributed by atoms with Gasteiger partial charge in [0.05, 0.1) is 6.54 Å². The van der Waals surface area contributed by atoms with Gasteiger partial charge in [-0.25, -0.2) is 0 Å². The largest absolute Gasteiger partial charge is 0.336 e. The molecule has 0 unspecified atom stereocenters. The Kier molecular flexibility index (Phi) is 4.53. The quantitative estimate of drug-likeness (QED) is 0.815. The topological polar surface area (TPSA) is 75.0 Å². The van der Waals surface area contributed by atoms with Crippen molar-refractivity contribution >= 4 is 5.91 Å². The van der Waals surface area contributed by atoms with E-state index in [1.165, 1.54) is 0 Å². The van der Waals surface area contributed by atoms with Gasteiger partial charge < -0.3 is 10.6 Å². The van der Waals surface area contributed by atoms with Gasteiger partial charge in [0.25, 0.3) is 5.91 Å². The van der Waals surface area contributed by atoms with Gasteiger partial charge >= 0.3 is 0 Å². The normalized spacial score (nSPS) is 9.70. The Bertz CT molecular complexity index is 620. The summed E-state index contributed by atoms with van der Waals surface area (Å²) in [4.78, 5) is 13.7. The molecule has 0 aliphatic rings. The van der Waals surface area contributed by atoms with Gasteiger partial charge in [-0.15, -0.1) is 0 Å². The Balaban J connectivity index is 2.01. The van der Waals surface area contributed by atoms with Gasteiger partial charge in [0.15, 0.2) is 0 Å². The van der Waals surface area contributed by atoms with Crippen LogP contribution in [0, 0.1) is 11.8 Å². The maximum atomic E-state index is 12.0. The Morgan fingerprint density at radius 1 is 1.35 bits per heavy atom. The fraction of sp³-hybridized carbons (Fsp3) is 0.200. The Labute approximate surface area is 117 Å². The number of carbonyl (C=O) groups excluding carboxylic acids is 1. The molecule has 0 radical (unpaired) electrons. The summed E-state index contributed by atoms with van der Waals surface area (Å²) in [5.74, 6) is 5.68. The molecule has 0 fully saturated rings. The summed E-state index contributed by atoms with van der Waals surface area (Å²) >= 11 is 0. The molecular weight excluding hydrogens is 252 g/mol. The van der Waals surface area contributed by atoms with Crippen LogP contribution in [0.5, 0.6) is 0 Å². The molecule has 5 heteroatoms. The van der Waals surface area contributed by atoms with Crippen LogP contribution in [0.1, 0.15) is 21.6 Å². The lowest BCUT2D eigenvalue weighted by Gasteiger charge is -2.16. The number of hydrogen-bond donors (Lipinski definition) is 2. The number of carbonyl (C=O) groups is 1. The third-order valence-corrected chi connectivity index (χ3v) is 2.79. The van der Waals surface area contributed by atoms with Crippen molar-refractivity contribution in [3.05, 3.63) is 53.3 Å². The van der Waals surface area contributed by atoms with E-state index in [1.54, 1.807) is 24.2 Å². The van der Waals surface area contributed by atoms with Crippen molar-refractivity contribution < 1.29 is 4.79 Å².